The highest BCUT2D eigenvalue weighted by atomic mass is 31.2. The summed E-state index contributed by atoms with van der Waals surface area (Å²) in [7, 11) is -4.31. The van der Waals surface area contributed by atoms with Gasteiger partial charge >= 0.3 is 7.60 Å². The van der Waals surface area contributed by atoms with Crippen LogP contribution in [0.15, 0.2) is 42.0 Å². The van der Waals surface area contributed by atoms with Gasteiger partial charge in [-0.3, -0.25) is 14.2 Å². The molecule has 1 heterocycles. The first-order valence-electron chi connectivity index (χ1n) is 6.61. The molecule has 1 aromatic rings. The second-order valence-electron chi connectivity index (χ2n) is 4.89. The van der Waals surface area contributed by atoms with Gasteiger partial charge in [-0.05, 0) is 25.0 Å². The molecule has 1 aliphatic rings. The highest BCUT2D eigenvalue weighted by molar-refractivity contribution is 7.52. The molecule has 8 N–H and O–H groups in total. The SMILES string of the molecule is CC1=CCON(CCC(c2ccccc2)P(=O)(O)O)C1=O.N.N. The number of hydrogen-bond donors (Lipinski definition) is 4. The number of nitrogens with zero attached hydrogens (tertiary/aromatic N) is 1. The van der Waals surface area contributed by atoms with E-state index in [0.717, 1.165) is 0 Å². The summed E-state index contributed by atoms with van der Waals surface area (Å²) < 4.78 is 11.7. The van der Waals surface area contributed by atoms with Crippen LogP contribution in [0.3, 0.4) is 0 Å². The first-order valence-corrected chi connectivity index (χ1v) is 8.29. The van der Waals surface area contributed by atoms with E-state index in [1.165, 1.54) is 5.06 Å². The lowest BCUT2D eigenvalue weighted by Crippen LogP contribution is -2.36. The van der Waals surface area contributed by atoms with Crippen molar-refractivity contribution in [3.05, 3.63) is 47.5 Å². The van der Waals surface area contributed by atoms with Crippen LogP contribution in [0.25, 0.3) is 0 Å². The summed E-state index contributed by atoms with van der Waals surface area (Å²) in [5, 5.41) is 1.17. The maximum Gasteiger partial charge on any atom is 0.333 e. The Morgan fingerprint density at radius 2 is 1.87 bits per heavy atom. The van der Waals surface area contributed by atoms with Crippen LogP contribution in [0, 0.1) is 0 Å². The molecule has 0 aliphatic carbocycles. The number of hydroxylamine groups is 2. The Hall–Kier alpha value is -1.54. The number of benzene rings is 1. The van der Waals surface area contributed by atoms with Crippen molar-refractivity contribution in [2.75, 3.05) is 13.2 Å². The summed E-state index contributed by atoms with van der Waals surface area (Å²) in [5.74, 6) is -0.265. The van der Waals surface area contributed by atoms with Crippen molar-refractivity contribution < 1.29 is 24.0 Å². The van der Waals surface area contributed by atoms with Gasteiger partial charge in [0.25, 0.3) is 5.91 Å². The molecule has 0 bridgehead atoms. The van der Waals surface area contributed by atoms with Crippen LogP contribution in [-0.4, -0.2) is 33.9 Å². The number of carbonyl (C=O) groups excluding carboxylic acids is 1. The Labute approximate surface area is 135 Å². The van der Waals surface area contributed by atoms with E-state index >= 15 is 0 Å². The van der Waals surface area contributed by atoms with Gasteiger partial charge in [-0.15, -0.1) is 0 Å². The molecule has 1 atom stereocenters. The van der Waals surface area contributed by atoms with Gasteiger partial charge in [0.05, 0.1) is 18.8 Å². The molecule has 0 saturated heterocycles. The lowest BCUT2D eigenvalue weighted by Gasteiger charge is -2.27. The zero-order valence-corrected chi connectivity index (χ0v) is 14.0. The molecule has 0 spiro atoms. The van der Waals surface area contributed by atoms with Crippen molar-refractivity contribution in [2.45, 2.75) is 19.0 Å². The van der Waals surface area contributed by atoms with Crippen molar-refractivity contribution in [3.8, 4) is 0 Å². The van der Waals surface area contributed by atoms with Crippen LogP contribution in [0.1, 0.15) is 24.6 Å². The van der Waals surface area contributed by atoms with Crippen LogP contribution < -0.4 is 12.3 Å². The summed E-state index contributed by atoms with van der Waals surface area (Å²) in [6, 6.07) is 8.59. The Bertz CT molecular complexity index is 587. The molecule has 130 valence electrons. The Kier molecular flexibility index (Phi) is 8.33. The van der Waals surface area contributed by atoms with Gasteiger partial charge in [-0.1, -0.05) is 30.3 Å². The Morgan fingerprint density at radius 1 is 1.26 bits per heavy atom. The minimum atomic E-state index is -4.31. The van der Waals surface area contributed by atoms with Crippen LogP contribution in [0.5, 0.6) is 0 Å². The third-order valence-electron chi connectivity index (χ3n) is 3.38. The highest BCUT2D eigenvalue weighted by Gasteiger charge is 2.32. The van der Waals surface area contributed by atoms with Crippen LogP contribution in [0.2, 0.25) is 0 Å². The molecule has 23 heavy (non-hydrogen) atoms. The molecule has 0 saturated carbocycles. The van der Waals surface area contributed by atoms with Gasteiger partial charge in [-0.2, -0.15) is 0 Å². The summed E-state index contributed by atoms with van der Waals surface area (Å²) >= 11 is 0. The minimum Gasteiger partial charge on any atom is -0.344 e. The molecule has 1 amide bonds. The minimum absolute atomic E-state index is 0. The van der Waals surface area contributed by atoms with Crippen LogP contribution in [-0.2, 0) is 14.2 Å². The monoisotopic (exact) mass is 345 g/mol. The molecule has 1 aliphatic heterocycles. The molecule has 2 rings (SSSR count). The summed E-state index contributed by atoms with van der Waals surface area (Å²) in [6.07, 6.45) is 1.81. The predicted octanol–water partition coefficient (Wildman–Crippen LogP) is 2.34. The fourth-order valence-electron chi connectivity index (χ4n) is 2.20. The van der Waals surface area contributed by atoms with E-state index in [9.17, 15) is 19.1 Å². The van der Waals surface area contributed by atoms with Gasteiger partial charge in [0.15, 0.2) is 0 Å². The van der Waals surface area contributed by atoms with Gasteiger partial charge in [0.2, 0.25) is 0 Å². The molecular formula is C14H24N3O5P. The smallest absolute Gasteiger partial charge is 0.333 e. The Balaban J connectivity index is 0.00000242. The average Bonchev–Trinajstić information content (AvgIpc) is 2.43. The van der Waals surface area contributed by atoms with Crippen LogP contribution in [0.4, 0.5) is 0 Å². The third kappa shape index (κ3) is 5.54. The van der Waals surface area contributed by atoms with E-state index in [0.29, 0.717) is 17.7 Å². The third-order valence-corrected chi connectivity index (χ3v) is 4.75. The van der Waals surface area contributed by atoms with Crippen molar-refractivity contribution in [1.29, 1.82) is 0 Å². The van der Waals surface area contributed by atoms with Gasteiger partial charge in [0.1, 0.15) is 0 Å². The number of hydrogen-bond acceptors (Lipinski definition) is 5. The van der Waals surface area contributed by atoms with Crippen molar-refractivity contribution in [3.63, 3.8) is 0 Å². The van der Waals surface area contributed by atoms with E-state index in [-0.39, 0.29) is 31.2 Å². The summed E-state index contributed by atoms with van der Waals surface area (Å²) in [4.78, 5) is 36.1. The molecule has 9 heteroatoms. The lowest BCUT2D eigenvalue weighted by atomic mass is 10.1. The zero-order chi connectivity index (χ0) is 15.5. The standard InChI is InChI=1S/C14H18NO5P.2H3N/c1-11-8-10-20-15(14(11)16)9-7-13(21(17,18)19)12-5-3-2-4-6-12;;/h2-6,8,13H,7,9-10H2,1H3,(H2,17,18,19);2*1H3. The molecule has 0 fully saturated rings. The molecule has 8 nitrogen and oxygen atoms in total. The quantitative estimate of drug-likeness (QED) is 0.596. The van der Waals surface area contributed by atoms with E-state index in [2.05, 4.69) is 0 Å². The number of amides is 1. The van der Waals surface area contributed by atoms with Gasteiger partial charge in [-0.25, -0.2) is 5.06 Å². The lowest BCUT2D eigenvalue weighted by molar-refractivity contribution is -0.181. The molecule has 1 unspecified atom stereocenters. The predicted molar refractivity (Wildman–Crippen MR) is 87.3 cm³/mol. The molecule has 0 radical (unpaired) electrons. The van der Waals surface area contributed by atoms with Crippen molar-refractivity contribution >= 4 is 13.5 Å². The molecule has 0 aromatic heterocycles. The summed E-state index contributed by atoms with van der Waals surface area (Å²) in [6.45, 7) is 2.12. The fraction of sp³-hybridized carbons (Fsp3) is 0.357. The van der Waals surface area contributed by atoms with E-state index in [1.807, 2.05) is 0 Å². The first-order chi connectivity index (χ1) is 9.89. The Morgan fingerprint density at radius 3 is 2.43 bits per heavy atom. The van der Waals surface area contributed by atoms with E-state index in [4.69, 9.17) is 4.84 Å². The second kappa shape index (κ2) is 8.93. The maximum absolute atomic E-state index is 11.9. The fourth-order valence-corrected chi connectivity index (χ4v) is 3.22. The largest absolute Gasteiger partial charge is 0.344 e. The van der Waals surface area contributed by atoms with Crippen molar-refractivity contribution in [2.24, 2.45) is 0 Å². The molecule has 1 aromatic carbocycles. The van der Waals surface area contributed by atoms with Gasteiger partial charge < -0.3 is 22.1 Å². The normalized spacial score (nSPS) is 16.0. The van der Waals surface area contributed by atoms with E-state index < -0.39 is 13.3 Å². The zero-order valence-electron chi connectivity index (χ0n) is 13.1. The van der Waals surface area contributed by atoms with Gasteiger partial charge in [0, 0.05) is 5.57 Å². The summed E-state index contributed by atoms with van der Waals surface area (Å²) in [5.41, 5.74) is 0.192. The number of rotatable bonds is 5. The van der Waals surface area contributed by atoms with E-state index in [1.54, 1.807) is 43.3 Å². The van der Waals surface area contributed by atoms with Crippen molar-refractivity contribution in [1.82, 2.24) is 17.4 Å². The molecular weight excluding hydrogens is 321 g/mol. The number of carbonyl (C=O) groups is 1. The highest BCUT2D eigenvalue weighted by Crippen LogP contribution is 2.53. The second-order valence-corrected chi connectivity index (χ2v) is 6.70. The first kappa shape index (κ1) is 21.5. The van der Waals surface area contributed by atoms with Crippen LogP contribution >= 0.6 is 7.60 Å². The average molecular weight is 345 g/mol. The maximum atomic E-state index is 11.9. The topological polar surface area (TPSA) is 157 Å².